The van der Waals surface area contributed by atoms with Gasteiger partial charge in [0.1, 0.15) is 17.9 Å². The number of rotatable bonds is 7. The maximum absolute atomic E-state index is 12.6. The second-order valence-corrected chi connectivity index (χ2v) is 7.78. The van der Waals surface area contributed by atoms with Gasteiger partial charge in [-0.25, -0.2) is 9.97 Å². The van der Waals surface area contributed by atoms with E-state index < -0.39 is 0 Å². The van der Waals surface area contributed by atoms with Crippen molar-refractivity contribution in [2.45, 2.75) is 39.3 Å². The van der Waals surface area contributed by atoms with Crippen LogP contribution in [0.1, 0.15) is 37.0 Å². The second-order valence-electron chi connectivity index (χ2n) is 7.78. The van der Waals surface area contributed by atoms with Gasteiger partial charge in [-0.3, -0.25) is 4.79 Å². The van der Waals surface area contributed by atoms with Gasteiger partial charge in [0.2, 0.25) is 0 Å². The Kier molecular flexibility index (Phi) is 5.76. The molecule has 7 heteroatoms. The van der Waals surface area contributed by atoms with Gasteiger partial charge in [0.15, 0.2) is 5.65 Å². The third-order valence-electron chi connectivity index (χ3n) is 4.85. The van der Waals surface area contributed by atoms with E-state index in [0.717, 1.165) is 42.9 Å². The number of carbonyl (C=O) groups excluding carboxylic acids is 1. The normalized spacial score (nSPS) is 16.4. The van der Waals surface area contributed by atoms with Crippen molar-refractivity contribution < 1.29 is 14.3 Å². The van der Waals surface area contributed by atoms with Crippen molar-refractivity contribution in [3.05, 3.63) is 48.4 Å². The van der Waals surface area contributed by atoms with Crippen LogP contribution >= 0.6 is 0 Å². The predicted octanol–water partition coefficient (Wildman–Crippen LogP) is 3.90. The Hall–Kier alpha value is -2.93. The van der Waals surface area contributed by atoms with Gasteiger partial charge >= 0.3 is 0 Å². The van der Waals surface area contributed by atoms with E-state index in [4.69, 9.17) is 9.47 Å². The molecule has 152 valence electrons. The van der Waals surface area contributed by atoms with E-state index in [0.29, 0.717) is 23.8 Å². The summed E-state index contributed by atoms with van der Waals surface area (Å²) in [7, 11) is 0. The number of benzene rings is 1. The SMILES string of the molecule is CC(C)Cn1cnc2cc(C(=O)Nc3ccc(OCC4CCCO4)cc3)cnc21. The van der Waals surface area contributed by atoms with Crippen molar-refractivity contribution in [1.82, 2.24) is 14.5 Å². The average Bonchev–Trinajstić information content (AvgIpc) is 3.37. The van der Waals surface area contributed by atoms with Gasteiger partial charge in [-0.1, -0.05) is 13.8 Å². The molecule has 4 rings (SSSR count). The third kappa shape index (κ3) is 4.74. The molecule has 0 saturated carbocycles. The first kappa shape index (κ1) is 19.4. The number of nitrogens with zero attached hydrogens (tertiary/aromatic N) is 3. The first-order chi connectivity index (χ1) is 14.1. The minimum atomic E-state index is -0.217. The molecule has 1 aliphatic heterocycles. The molecule has 3 aromatic rings. The fourth-order valence-corrected chi connectivity index (χ4v) is 3.40. The number of ether oxygens (including phenoxy) is 2. The van der Waals surface area contributed by atoms with Gasteiger partial charge in [0, 0.05) is 25.0 Å². The van der Waals surface area contributed by atoms with Crippen LogP contribution in [-0.4, -0.2) is 39.8 Å². The summed E-state index contributed by atoms with van der Waals surface area (Å²) in [5, 5.41) is 2.89. The van der Waals surface area contributed by atoms with E-state index in [1.807, 2.05) is 28.8 Å². The Morgan fingerprint density at radius 3 is 2.86 bits per heavy atom. The molecule has 2 aromatic heterocycles. The summed E-state index contributed by atoms with van der Waals surface area (Å²) >= 11 is 0. The Balaban J connectivity index is 1.38. The Morgan fingerprint density at radius 1 is 1.31 bits per heavy atom. The summed E-state index contributed by atoms with van der Waals surface area (Å²) in [5.74, 6) is 1.04. The first-order valence-electron chi connectivity index (χ1n) is 10.0. The smallest absolute Gasteiger partial charge is 0.257 e. The van der Waals surface area contributed by atoms with Gasteiger partial charge in [-0.15, -0.1) is 0 Å². The Bertz CT molecular complexity index is 975. The van der Waals surface area contributed by atoms with Crippen molar-refractivity contribution in [2.24, 2.45) is 5.92 Å². The summed E-state index contributed by atoms with van der Waals surface area (Å²) < 4.78 is 13.3. The van der Waals surface area contributed by atoms with Gasteiger partial charge in [0.25, 0.3) is 5.91 Å². The van der Waals surface area contributed by atoms with E-state index in [9.17, 15) is 4.79 Å². The fraction of sp³-hybridized carbons (Fsp3) is 0.409. The maximum atomic E-state index is 12.6. The molecule has 1 fully saturated rings. The molecule has 1 saturated heterocycles. The topological polar surface area (TPSA) is 78.3 Å². The molecule has 1 amide bonds. The van der Waals surface area contributed by atoms with Crippen LogP contribution in [0.5, 0.6) is 5.75 Å². The lowest BCUT2D eigenvalue weighted by Gasteiger charge is -2.12. The molecule has 7 nitrogen and oxygen atoms in total. The summed E-state index contributed by atoms with van der Waals surface area (Å²) in [6, 6.07) is 9.12. The average molecular weight is 394 g/mol. The number of amides is 1. The molecular formula is C22H26N4O3. The highest BCUT2D eigenvalue weighted by atomic mass is 16.5. The molecule has 1 aliphatic rings. The molecule has 1 atom stereocenters. The number of fused-ring (bicyclic) bond motifs is 1. The van der Waals surface area contributed by atoms with Crippen LogP contribution in [0.25, 0.3) is 11.2 Å². The Morgan fingerprint density at radius 2 is 2.14 bits per heavy atom. The molecule has 0 spiro atoms. The molecule has 29 heavy (non-hydrogen) atoms. The van der Waals surface area contributed by atoms with E-state index in [1.54, 1.807) is 18.6 Å². The number of nitrogens with one attached hydrogen (secondary N) is 1. The highest BCUT2D eigenvalue weighted by Gasteiger charge is 2.16. The van der Waals surface area contributed by atoms with Crippen LogP contribution in [0.3, 0.4) is 0 Å². The summed E-state index contributed by atoms with van der Waals surface area (Å²) in [6.07, 6.45) is 5.69. The van der Waals surface area contributed by atoms with Crippen molar-refractivity contribution in [3.8, 4) is 5.75 Å². The van der Waals surface area contributed by atoms with Crippen LogP contribution < -0.4 is 10.1 Å². The summed E-state index contributed by atoms with van der Waals surface area (Å²) in [5.41, 5.74) is 2.69. The summed E-state index contributed by atoms with van der Waals surface area (Å²) in [6.45, 7) is 6.51. The monoisotopic (exact) mass is 394 g/mol. The van der Waals surface area contributed by atoms with Gasteiger partial charge in [-0.05, 0) is 49.1 Å². The zero-order valence-corrected chi connectivity index (χ0v) is 16.8. The van der Waals surface area contributed by atoms with Gasteiger partial charge < -0.3 is 19.4 Å². The zero-order valence-electron chi connectivity index (χ0n) is 16.8. The number of hydrogen-bond donors (Lipinski definition) is 1. The molecule has 0 aliphatic carbocycles. The predicted molar refractivity (Wildman–Crippen MR) is 111 cm³/mol. The first-order valence-corrected chi connectivity index (χ1v) is 10.0. The quantitative estimate of drug-likeness (QED) is 0.658. The van der Waals surface area contributed by atoms with E-state index >= 15 is 0 Å². The van der Waals surface area contributed by atoms with Crippen molar-refractivity contribution in [3.63, 3.8) is 0 Å². The fourth-order valence-electron chi connectivity index (χ4n) is 3.40. The van der Waals surface area contributed by atoms with Gasteiger partial charge in [0.05, 0.1) is 18.0 Å². The highest BCUT2D eigenvalue weighted by Crippen LogP contribution is 2.20. The minimum absolute atomic E-state index is 0.181. The standard InChI is InChI=1S/C22H26N4O3/c1-15(2)12-26-14-24-20-10-16(11-23-21(20)26)22(27)25-17-5-7-18(8-6-17)29-13-19-4-3-9-28-19/h5-8,10-11,14-15,19H,3-4,9,12-13H2,1-2H3,(H,25,27). The lowest BCUT2D eigenvalue weighted by molar-refractivity contribution is 0.0679. The largest absolute Gasteiger partial charge is 0.491 e. The highest BCUT2D eigenvalue weighted by molar-refractivity contribution is 6.05. The number of hydrogen-bond acceptors (Lipinski definition) is 5. The summed E-state index contributed by atoms with van der Waals surface area (Å²) in [4.78, 5) is 21.4. The maximum Gasteiger partial charge on any atom is 0.257 e. The van der Waals surface area contributed by atoms with Crippen molar-refractivity contribution in [1.29, 1.82) is 0 Å². The van der Waals surface area contributed by atoms with Crippen LogP contribution in [0.15, 0.2) is 42.9 Å². The number of anilines is 1. The van der Waals surface area contributed by atoms with Crippen LogP contribution in [0.4, 0.5) is 5.69 Å². The van der Waals surface area contributed by atoms with Gasteiger partial charge in [-0.2, -0.15) is 0 Å². The molecule has 3 heterocycles. The molecule has 0 radical (unpaired) electrons. The van der Waals surface area contributed by atoms with Crippen molar-refractivity contribution in [2.75, 3.05) is 18.5 Å². The Labute approximate surface area is 170 Å². The molecule has 0 bridgehead atoms. The number of imidazole rings is 1. The minimum Gasteiger partial charge on any atom is -0.491 e. The van der Waals surface area contributed by atoms with E-state index in [1.165, 1.54) is 0 Å². The number of pyridine rings is 1. The van der Waals surface area contributed by atoms with Crippen LogP contribution in [0, 0.1) is 5.92 Å². The second kappa shape index (κ2) is 8.61. The number of carbonyl (C=O) groups is 1. The number of aromatic nitrogens is 3. The zero-order chi connectivity index (χ0) is 20.2. The van der Waals surface area contributed by atoms with Crippen molar-refractivity contribution >= 4 is 22.8 Å². The third-order valence-corrected chi connectivity index (χ3v) is 4.85. The van der Waals surface area contributed by atoms with Crippen LogP contribution in [-0.2, 0) is 11.3 Å². The molecule has 1 aromatic carbocycles. The molecule has 1 N–H and O–H groups in total. The van der Waals surface area contributed by atoms with E-state index in [-0.39, 0.29) is 12.0 Å². The lowest BCUT2D eigenvalue weighted by Crippen LogP contribution is -2.16. The molecular weight excluding hydrogens is 368 g/mol. The lowest BCUT2D eigenvalue weighted by atomic mass is 10.2. The van der Waals surface area contributed by atoms with E-state index in [2.05, 4.69) is 29.1 Å². The van der Waals surface area contributed by atoms with Crippen LogP contribution in [0.2, 0.25) is 0 Å². The molecule has 1 unspecified atom stereocenters.